The number of alkyl halides is 2. The molecule has 2 saturated carbocycles. The minimum Gasteiger partial charge on any atom is -0.480 e. The van der Waals surface area contributed by atoms with Gasteiger partial charge in [-0.05, 0) is 86.8 Å². The van der Waals surface area contributed by atoms with E-state index >= 15 is 8.78 Å². The highest BCUT2D eigenvalue weighted by molar-refractivity contribution is 6.33. The van der Waals surface area contributed by atoms with E-state index in [1.165, 1.54) is 4.57 Å². The number of halogens is 3. The second-order valence-corrected chi connectivity index (χ2v) is 17.8. The topological polar surface area (TPSA) is 160 Å². The molecule has 59 heavy (non-hydrogen) atoms. The second-order valence-electron chi connectivity index (χ2n) is 17.4. The Kier molecular flexibility index (Phi) is 8.82. The average Bonchev–Trinajstić information content (AvgIpc) is 4.00. The summed E-state index contributed by atoms with van der Waals surface area (Å²) < 4.78 is 39.1. The van der Waals surface area contributed by atoms with Crippen LogP contribution in [0.5, 0.6) is 5.75 Å². The number of imide groups is 1. The quantitative estimate of drug-likeness (QED) is 0.134. The Labute approximate surface area is 343 Å². The number of nitrogens with one attached hydrogen (secondary N) is 4. The van der Waals surface area contributed by atoms with Crippen molar-refractivity contribution in [1.29, 1.82) is 0 Å². The van der Waals surface area contributed by atoms with Crippen LogP contribution in [0.25, 0.3) is 21.8 Å². The Morgan fingerprint density at radius 3 is 2.54 bits per heavy atom. The fourth-order valence-electron chi connectivity index (χ4n) is 9.90. The lowest BCUT2D eigenvalue weighted by atomic mass is 9.64. The van der Waals surface area contributed by atoms with E-state index in [1.807, 2.05) is 17.8 Å². The van der Waals surface area contributed by atoms with Gasteiger partial charge in [0, 0.05) is 67.2 Å². The molecule has 2 aliphatic carbocycles. The molecule has 1 spiro atoms. The van der Waals surface area contributed by atoms with Crippen molar-refractivity contribution < 1.29 is 23.1 Å². The van der Waals surface area contributed by atoms with E-state index in [-0.39, 0.29) is 40.6 Å². The van der Waals surface area contributed by atoms with Crippen LogP contribution in [0.1, 0.15) is 63.5 Å². The van der Waals surface area contributed by atoms with Crippen molar-refractivity contribution in [3.05, 3.63) is 63.7 Å². The lowest BCUT2D eigenvalue weighted by molar-refractivity contribution is -0.134. The van der Waals surface area contributed by atoms with E-state index in [0.717, 1.165) is 48.9 Å². The van der Waals surface area contributed by atoms with E-state index in [0.29, 0.717) is 70.7 Å². The third kappa shape index (κ3) is 6.59. The highest BCUT2D eigenvalue weighted by Crippen LogP contribution is 2.49. The standard InChI is InChI=1S/C42H45ClF2N10O4/c1-21-16-41(13-12-29(21)47-24-6-8-25-31(15-24)54(3)52-33(25)26-9-11-32(56)49-38(26)57)18-55(19-41)40-46-17-28(43)37(51-40)48-23-7-10-30-27(14-23)34-35(39(58)53(30)2)59-20-42(44,45)36(50-34)22-4-5-22/h6-8,10,14-15,17,21-22,26,29,36,47,50H,4-5,9,11-13,16,18-20H2,1-3H3,(H,46,48,51)(H,49,56,57)/t21-,26?,29-,36-/m0/s1. The molecule has 0 radical (unpaired) electrons. The zero-order valence-electron chi connectivity index (χ0n) is 32.9. The molecule has 3 aromatic heterocycles. The van der Waals surface area contributed by atoms with Crippen LogP contribution in [0.15, 0.2) is 47.4 Å². The first kappa shape index (κ1) is 37.7. The molecule has 2 amide bonds. The largest absolute Gasteiger partial charge is 0.480 e. The number of ether oxygens (including phenoxy) is 1. The van der Waals surface area contributed by atoms with Crippen LogP contribution < -0.4 is 36.5 Å². The number of aromatic nitrogens is 5. The van der Waals surface area contributed by atoms with Crippen molar-refractivity contribution >= 4 is 74.0 Å². The monoisotopic (exact) mass is 826 g/mol. The van der Waals surface area contributed by atoms with Gasteiger partial charge in [-0.3, -0.25) is 24.4 Å². The maximum Gasteiger partial charge on any atom is 0.301 e. The van der Waals surface area contributed by atoms with E-state index in [9.17, 15) is 14.4 Å². The molecule has 5 aliphatic rings. The summed E-state index contributed by atoms with van der Waals surface area (Å²) in [6.45, 7) is 3.08. The van der Waals surface area contributed by atoms with E-state index in [2.05, 4.69) is 50.2 Å². The normalized spacial score (nSPS) is 24.8. The average molecular weight is 827 g/mol. The third-order valence-corrected chi connectivity index (χ3v) is 13.4. The maximum absolute atomic E-state index is 15.2. The van der Waals surface area contributed by atoms with Gasteiger partial charge in [-0.1, -0.05) is 18.5 Å². The van der Waals surface area contributed by atoms with Crippen molar-refractivity contribution in [3.63, 3.8) is 0 Å². The summed E-state index contributed by atoms with van der Waals surface area (Å²) in [6, 6.07) is 10.7. The van der Waals surface area contributed by atoms with Crippen molar-refractivity contribution in [1.82, 2.24) is 29.6 Å². The molecule has 4 N–H and O–H groups in total. The van der Waals surface area contributed by atoms with Gasteiger partial charge < -0.3 is 30.2 Å². The number of carbonyl (C=O) groups is 2. The van der Waals surface area contributed by atoms with Crippen molar-refractivity contribution in [2.75, 3.05) is 40.5 Å². The highest BCUT2D eigenvalue weighted by Gasteiger charge is 2.51. The van der Waals surface area contributed by atoms with Crippen LogP contribution in [-0.2, 0) is 23.7 Å². The van der Waals surface area contributed by atoms with Crippen LogP contribution in [0, 0.1) is 17.3 Å². The summed E-state index contributed by atoms with van der Waals surface area (Å²) in [4.78, 5) is 49.1. The molecular weight excluding hydrogens is 782 g/mol. The van der Waals surface area contributed by atoms with Gasteiger partial charge in [0.15, 0.2) is 12.4 Å². The number of aryl methyl sites for hydroxylation is 2. The molecule has 308 valence electrons. The molecule has 4 atom stereocenters. The Morgan fingerprint density at radius 1 is 0.983 bits per heavy atom. The van der Waals surface area contributed by atoms with Gasteiger partial charge in [0.25, 0.3) is 5.56 Å². The number of piperidine rings is 1. The summed E-state index contributed by atoms with van der Waals surface area (Å²) in [6.07, 6.45) is 6.85. The first-order chi connectivity index (χ1) is 28.3. The molecule has 4 fully saturated rings. The van der Waals surface area contributed by atoms with E-state index in [1.54, 1.807) is 31.4 Å². The summed E-state index contributed by atoms with van der Waals surface area (Å²) in [7, 11) is 3.48. The van der Waals surface area contributed by atoms with E-state index in [4.69, 9.17) is 26.4 Å². The summed E-state index contributed by atoms with van der Waals surface area (Å²) in [5.74, 6) is -3.01. The molecule has 2 aromatic carbocycles. The third-order valence-electron chi connectivity index (χ3n) is 13.2. The molecule has 2 saturated heterocycles. The van der Waals surface area contributed by atoms with Gasteiger partial charge in [0.2, 0.25) is 23.5 Å². The van der Waals surface area contributed by atoms with Gasteiger partial charge in [-0.2, -0.15) is 10.1 Å². The van der Waals surface area contributed by atoms with Crippen LogP contribution in [0.2, 0.25) is 5.02 Å². The number of carbonyl (C=O) groups excluding carboxylic acids is 2. The van der Waals surface area contributed by atoms with Crippen molar-refractivity contribution in [2.24, 2.45) is 31.3 Å². The Hall–Kier alpha value is -5.51. The second kappa shape index (κ2) is 13.8. The van der Waals surface area contributed by atoms with Gasteiger partial charge in [0.1, 0.15) is 5.02 Å². The van der Waals surface area contributed by atoms with Crippen molar-refractivity contribution in [3.8, 4) is 5.75 Å². The molecule has 14 nitrogen and oxygen atoms in total. The van der Waals surface area contributed by atoms with Gasteiger partial charge in [0.05, 0.1) is 40.6 Å². The molecule has 17 heteroatoms. The number of hydrogen-bond acceptors (Lipinski definition) is 11. The Morgan fingerprint density at radius 2 is 1.78 bits per heavy atom. The molecular formula is C42H45ClF2N10O4. The number of benzene rings is 2. The van der Waals surface area contributed by atoms with Crippen LogP contribution in [0.4, 0.5) is 37.6 Å². The van der Waals surface area contributed by atoms with Crippen molar-refractivity contribution in [2.45, 2.75) is 75.8 Å². The zero-order valence-corrected chi connectivity index (χ0v) is 33.7. The summed E-state index contributed by atoms with van der Waals surface area (Å²) in [5.41, 5.74) is 3.78. The predicted octanol–water partition coefficient (Wildman–Crippen LogP) is 6.46. The number of pyridine rings is 1. The maximum atomic E-state index is 15.2. The number of rotatable bonds is 7. The van der Waals surface area contributed by atoms with Crippen LogP contribution >= 0.6 is 11.6 Å². The molecule has 5 aromatic rings. The Balaban J connectivity index is 0.814. The number of anilines is 5. The number of hydrogen-bond donors (Lipinski definition) is 4. The minimum absolute atomic E-state index is 0.110. The summed E-state index contributed by atoms with van der Waals surface area (Å²) in [5, 5.41) is 19.1. The number of fused-ring (bicyclic) bond motifs is 4. The van der Waals surface area contributed by atoms with Gasteiger partial charge >= 0.3 is 5.92 Å². The SMILES string of the molecule is C[C@H]1CC2(CC[C@@H]1Nc1ccc3c(C4CCC(=O)NC4=O)nn(C)c3c1)CN(c1ncc(Cl)c(Nc3ccc4c(c3)c3c(c(=O)n4C)OCC(F)(F)[C@H](C4CC4)N3)n1)C2. The molecule has 0 bridgehead atoms. The zero-order chi connectivity index (χ0) is 41.0. The Bertz CT molecular complexity index is 2620. The van der Waals surface area contributed by atoms with Crippen LogP contribution in [-0.4, -0.2) is 73.8 Å². The van der Waals surface area contributed by atoms with Gasteiger partial charge in [-0.15, -0.1) is 0 Å². The molecule has 10 rings (SSSR count). The minimum atomic E-state index is -3.13. The smallest absolute Gasteiger partial charge is 0.301 e. The summed E-state index contributed by atoms with van der Waals surface area (Å²) >= 11 is 6.63. The first-order valence-electron chi connectivity index (χ1n) is 20.3. The lowest BCUT2D eigenvalue weighted by Crippen LogP contribution is -2.60. The number of nitrogens with zero attached hydrogens (tertiary/aromatic N) is 6. The molecule has 1 unspecified atom stereocenters. The predicted molar refractivity (Wildman–Crippen MR) is 221 cm³/mol. The van der Waals surface area contributed by atoms with Crippen LogP contribution in [0.3, 0.4) is 0 Å². The fraction of sp³-hybridized carbons (Fsp3) is 0.476. The lowest BCUT2D eigenvalue weighted by Gasteiger charge is -2.55. The molecule has 3 aliphatic heterocycles. The van der Waals surface area contributed by atoms with Gasteiger partial charge in [-0.25, -0.2) is 13.8 Å². The first-order valence-corrected chi connectivity index (χ1v) is 20.7. The number of amides is 2. The highest BCUT2D eigenvalue weighted by atomic mass is 35.5. The molecule has 6 heterocycles. The van der Waals surface area contributed by atoms with E-state index < -0.39 is 30.0 Å². The fourth-order valence-corrected chi connectivity index (χ4v) is 10.0.